The Hall–Kier alpha value is -1.34. The van der Waals surface area contributed by atoms with Crippen LogP contribution in [0.1, 0.15) is 18.4 Å². The number of carbonyl (C=O) groups is 1. The van der Waals surface area contributed by atoms with Gasteiger partial charge in [0.15, 0.2) is 5.78 Å². The average Bonchev–Trinajstić information content (AvgIpc) is 2.53. The number of carbonyl (C=O) groups excluding carboxylic acids is 1. The van der Waals surface area contributed by atoms with Crippen LogP contribution in [0.15, 0.2) is 42.0 Å². The Labute approximate surface area is 94.1 Å². The van der Waals surface area contributed by atoms with Crippen LogP contribution in [-0.2, 0) is 4.79 Å². The van der Waals surface area contributed by atoms with E-state index in [0.29, 0.717) is 5.02 Å². The van der Waals surface area contributed by atoms with Crippen LogP contribution < -0.4 is 0 Å². The molecule has 15 heavy (non-hydrogen) atoms. The van der Waals surface area contributed by atoms with Gasteiger partial charge in [-0.3, -0.25) is 4.79 Å². The van der Waals surface area contributed by atoms with E-state index in [1.807, 2.05) is 30.3 Å². The van der Waals surface area contributed by atoms with Crippen LogP contribution in [0.3, 0.4) is 0 Å². The molecular formula is C13H11ClO. The lowest BCUT2D eigenvalue weighted by atomic mass is 10.1. The van der Waals surface area contributed by atoms with E-state index in [-0.39, 0.29) is 5.78 Å². The van der Waals surface area contributed by atoms with Crippen LogP contribution in [0, 0.1) is 0 Å². The van der Waals surface area contributed by atoms with Gasteiger partial charge in [-0.1, -0.05) is 30.3 Å². The number of hydrogen-bond donors (Lipinski definition) is 0. The molecule has 0 atom stereocenters. The molecule has 0 heterocycles. The fourth-order valence-electron chi connectivity index (χ4n) is 1.64. The quantitative estimate of drug-likeness (QED) is 0.658. The van der Waals surface area contributed by atoms with Crippen molar-refractivity contribution in [2.24, 2.45) is 0 Å². The van der Waals surface area contributed by atoms with Crippen molar-refractivity contribution in [2.45, 2.75) is 12.8 Å². The summed E-state index contributed by atoms with van der Waals surface area (Å²) in [4.78, 5) is 11.6. The smallest absolute Gasteiger partial charge is 0.184 e. The normalized spacial score (nSPS) is 18.9. The maximum Gasteiger partial charge on any atom is 0.184 e. The second-order valence-electron chi connectivity index (χ2n) is 3.65. The molecule has 1 aromatic rings. The number of rotatable bonds is 1. The average molecular weight is 219 g/mol. The summed E-state index contributed by atoms with van der Waals surface area (Å²) in [6.07, 6.45) is 3.51. The van der Waals surface area contributed by atoms with Crippen LogP contribution in [0.4, 0.5) is 0 Å². The maximum atomic E-state index is 11.6. The molecule has 1 aliphatic rings. The van der Waals surface area contributed by atoms with Crippen molar-refractivity contribution in [3.8, 4) is 0 Å². The lowest BCUT2D eigenvalue weighted by molar-refractivity contribution is -0.111. The number of ketones is 1. The molecular weight excluding hydrogens is 208 g/mol. The summed E-state index contributed by atoms with van der Waals surface area (Å²) >= 11 is 5.78. The molecule has 2 heteroatoms. The molecule has 1 fully saturated rings. The Kier molecular flexibility index (Phi) is 2.74. The van der Waals surface area contributed by atoms with Crippen molar-refractivity contribution in [3.05, 3.63) is 52.6 Å². The molecule has 0 amide bonds. The van der Waals surface area contributed by atoms with Crippen molar-refractivity contribution >= 4 is 23.5 Å². The van der Waals surface area contributed by atoms with E-state index in [1.54, 1.807) is 0 Å². The highest BCUT2D eigenvalue weighted by Gasteiger charge is 2.20. The summed E-state index contributed by atoms with van der Waals surface area (Å²) < 4.78 is 0. The third kappa shape index (κ3) is 2.18. The highest BCUT2D eigenvalue weighted by Crippen LogP contribution is 2.26. The summed E-state index contributed by atoms with van der Waals surface area (Å²) in [6, 6.07) is 7.46. The van der Waals surface area contributed by atoms with E-state index in [2.05, 4.69) is 6.58 Å². The fourth-order valence-corrected chi connectivity index (χ4v) is 1.76. The van der Waals surface area contributed by atoms with Crippen LogP contribution in [0.25, 0.3) is 6.08 Å². The molecule has 1 aromatic carbocycles. The third-order valence-corrected chi connectivity index (χ3v) is 2.77. The standard InChI is InChI=1S/C13H11ClO/c1-9-2-5-11(13(9)15)8-10-3-6-12(14)7-4-10/h3-4,6-8H,1-2,5H2/b11-8-. The van der Waals surface area contributed by atoms with Gasteiger partial charge in [0.1, 0.15) is 0 Å². The maximum absolute atomic E-state index is 11.6. The topological polar surface area (TPSA) is 17.1 Å². The van der Waals surface area contributed by atoms with E-state index >= 15 is 0 Å². The fraction of sp³-hybridized carbons (Fsp3) is 0.154. The van der Waals surface area contributed by atoms with Crippen molar-refractivity contribution in [1.29, 1.82) is 0 Å². The second kappa shape index (κ2) is 4.03. The summed E-state index contributed by atoms with van der Waals surface area (Å²) in [5.74, 6) is 0.102. The highest BCUT2D eigenvalue weighted by atomic mass is 35.5. The monoisotopic (exact) mass is 218 g/mol. The third-order valence-electron chi connectivity index (χ3n) is 2.52. The predicted molar refractivity (Wildman–Crippen MR) is 62.8 cm³/mol. The summed E-state index contributed by atoms with van der Waals surface area (Å²) in [5.41, 5.74) is 2.58. The molecule has 0 aliphatic heterocycles. The first kappa shape index (κ1) is 10.2. The second-order valence-corrected chi connectivity index (χ2v) is 4.09. The van der Waals surface area contributed by atoms with Gasteiger partial charge in [0.2, 0.25) is 0 Å². The molecule has 0 unspecified atom stereocenters. The van der Waals surface area contributed by atoms with Crippen molar-refractivity contribution in [3.63, 3.8) is 0 Å². The molecule has 0 saturated heterocycles. The molecule has 0 spiro atoms. The first-order valence-electron chi connectivity index (χ1n) is 4.85. The van der Waals surface area contributed by atoms with E-state index in [1.165, 1.54) is 0 Å². The van der Waals surface area contributed by atoms with E-state index in [4.69, 9.17) is 11.6 Å². The zero-order valence-corrected chi connectivity index (χ0v) is 9.05. The van der Waals surface area contributed by atoms with Gasteiger partial charge in [-0.2, -0.15) is 0 Å². The van der Waals surface area contributed by atoms with Crippen molar-refractivity contribution in [2.75, 3.05) is 0 Å². The first-order chi connectivity index (χ1) is 7.16. The number of halogens is 1. The van der Waals surface area contributed by atoms with Gasteiger partial charge in [0.25, 0.3) is 0 Å². The number of hydrogen-bond acceptors (Lipinski definition) is 1. The van der Waals surface area contributed by atoms with E-state index in [0.717, 1.165) is 29.6 Å². The summed E-state index contributed by atoms with van der Waals surface area (Å²) in [5, 5.41) is 0.708. The van der Waals surface area contributed by atoms with Crippen molar-refractivity contribution in [1.82, 2.24) is 0 Å². The zero-order valence-electron chi connectivity index (χ0n) is 8.29. The number of Topliss-reactive ketones (excluding diaryl/α,β-unsaturated/α-hetero) is 1. The van der Waals surface area contributed by atoms with Gasteiger partial charge in [-0.05, 0) is 42.2 Å². The highest BCUT2D eigenvalue weighted by molar-refractivity contribution is 6.30. The van der Waals surface area contributed by atoms with Crippen LogP contribution in [0.5, 0.6) is 0 Å². The molecule has 76 valence electrons. The van der Waals surface area contributed by atoms with Crippen molar-refractivity contribution < 1.29 is 4.79 Å². The van der Waals surface area contributed by atoms with Crippen LogP contribution in [-0.4, -0.2) is 5.78 Å². The lowest BCUT2D eigenvalue weighted by Gasteiger charge is -1.96. The minimum Gasteiger partial charge on any atom is -0.289 e. The van der Waals surface area contributed by atoms with E-state index < -0.39 is 0 Å². The first-order valence-corrected chi connectivity index (χ1v) is 5.23. The molecule has 0 aromatic heterocycles. The zero-order chi connectivity index (χ0) is 10.8. The molecule has 0 radical (unpaired) electrons. The van der Waals surface area contributed by atoms with Gasteiger partial charge >= 0.3 is 0 Å². The van der Waals surface area contributed by atoms with Gasteiger partial charge < -0.3 is 0 Å². The van der Waals surface area contributed by atoms with Gasteiger partial charge in [0.05, 0.1) is 0 Å². The van der Waals surface area contributed by atoms with Gasteiger partial charge in [-0.15, -0.1) is 0 Å². The Morgan fingerprint density at radius 1 is 1.20 bits per heavy atom. The Morgan fingerprint density at radius 3 is 2.40 bits per heavy atom. The van der Waals surface area contributed by atoms with E-state index in [9.17, 15) is 4.79 Å². The van der Waals surface area contributed by atoms with Crippen LogP contribution in [0.2, 0.25) is 5.02 Å². The van der Waals surface area contributed by atoms with Gasteiger partial charge in [0, 0.05) is 10.6 Å². The molecule has 0 N–H and O–H groups in total. The number of benzene rings is 1. The summed E-state index contributed by atoms with van der Waals surface area (Å²) in [7, 11) is 0. The molecule has 1 nitrogen and oxygen atoms in total. The summed E-state index contributed by atoms with van der Waals surface area (Å²) in [6.45, 7) is 3.73. The van der Waals surface area contributed by atoms with Gasteiger partial charge in [-0.25, -0.2) is 0 Å². The lowest BCUT2D eigenvalue weighted by Crippen LogP contribution is -1.93. The molecule has 1 saturated carbocycles. The molecule has 1 aliphatic carbocycles. The Bertz CT molecular complexity index is 440. The predicted octanol–water partition coefficient (Wildman–Crippen LogP) is 3.64. The Morgan fingerprint density at radius 2 is 1.87 bits per heavy atom. The molecule has 2 rings (SSSR count). The Balaban J connectivity index is 2.27. The SMILES string of the molecule is C=C1CC/C(=C/c2ccc(Cl)cc2)C1=O. The minimum atomic E-state index is 0.102. The minimum absolute atomic E-state index is 0.102. The molecule has 0 bridgehead atoms. The largest absolute Gasteiger partial charge is 0.289 e. The van der Waals surface area contributed by atoms with Crippen LogP contribution >= 0.6 is 11.6 Å². The number of allylic oxidation sites excluding steroid dienone is 2.